The van der Waals surface area contributed by atoms with Crippen LogP contribution in [0.1, 0.15) is 38.2 Å². The molecule has 1 rings (SSSR count). The Morgan fingerprint density at radius 2 is 1.92 bits per heavy atom. The van der Waals surface area contributed by atoms with Gasteiger partial charge in [-0.2, -0.15) is 0 Å². The van der Waals surface area contributed by atoms with E-state index in [-0.39, 0.29) is 12.2 Å². The zero-order valence-corrected chi connectivity index (χ0v) is 15.4. The number of rotatable bonds is 13. The van der Waals surface area contributed by atoms with Gasteiger partial charge in [0.05, 0.1) is 12.4 Å². The fourth-order valence-corrected chi connectivity index (χ4v) is 3.59. The standard InChI is InChI=1S/C17H28N2O5S/c1-2-3-12-25(22,23)19-16(17(20)21)13-14-6-8-15(9-7-14)24-11-5-4-10-18/h6-9,16,19H,2-5,10-13,18H2,1H3,(H,20,21)/t16-/m0/s1. The van der Waals surface area contributed by atoms with Gasteiger partial charge in [-0.15, -0.1) is 0 Å². The molecule has 1 aromatic rings. The number of carboxylic acids is 1. The summed E-state index contributed by atoms with van der Waals surface area (Å²) in [6.07, 6.45) is 3.08. The molecule has 0 aliphatic heterocycles. The van der Waals surface area contributed by atoms with Crippen LogP contribution in [-0.2, 0) is 21.2 Å². The lowest BCUT2D eigenvalue weighted by molar-refractivity contribution is -0.138. The lowest BCUT2D eigenvalue weighted by Crippen LogP contribution is -2.43. The number of nitrogens with one attached hydrogen (secondary N) is 1. The molecule has 1 aromatic carbocycles. The molecule has 0 amide bonds. The van der Waals surface area contributed by atoms with Gasteiger partial charge in [-0.3, -0.25) is 4.79 Å². The number of hydrogen-bond donors (Lipinski definition) is 3. The van der Waals surface area contributed by atoms with Gasteiger partial charge in [0.25, 0.3) is 0 Å². The van der Waals surface area contributed by atoms with Gasteiger partial charge in [0.2, 0.25) is 10.0 Å². The SMILES string of the molecule is CCCCS(=O)(=O)N[C@@H](Cc1ccc(OCCCCN)cc1)C(=O)O. The van der Waals surface area contributed by atoms with Crippen molar-refractivity contribution in [3.8, 4) is 5.75 Å². The highest BCUT2D eigenvalue weighted by Crippen LogP contribution is 2.14. The molecular weight excluding hydrogens is 344 g/mol. The van der Waals surface area contributed by atoms with Crippen LogP contribution in [-0.4, -0.2) is 44.4 Å². The molecule has 0 saturated heterocycles. The van der Waals surface area contributed by atoms with Crippen LogP contribution >= 0.6 is 0 Å². The molecule has 0 spiro atoms. The van der Waals surface area contributed by atoms with Crippen LogP contribution in [0.2, 0.25) is 0 Å². The smallest absolute Gasteiger partial charge is 0.322 e. The van der Waals surface area contributed by atoms with Gasteiger partial charge < -0.3 is 15.6 Å². The third kappa shape index (κ3) is 8.85. The van der Waals surface area contributed by atoms with Crippen molar-refractivity contribution in [1.82, 2.24) is 4.72 Å². The summed E-state index contributed by atoms with van der Waals surface area (Å²) in [5.74, 6) is -0.568. The molecule has 8 heteroatoms. The minimum absolute atomic E-state index is 0.0666. The second kappa shape index (κ2) is 11.1. The number of benzene rings is 1. The summed E-state index contributed by atoms with van der Waals surface area (Å²) in [7, 11) is -3.60. The third-order valence-electron chi connectivity index (χ3n) is 3.62. The van der Waals surface area contributed by atoms with Crippen LogP contribution in [0.3, 0.4) is 0 Å². The van der Waals surface area contributed by atoms with Crippen LogP contribution in [0.4, 0.5) is 0 Å². The molecule has 0 aliphatic carbocycles. The van der Waals surface area contributed by atoms with E-state index in [1.807, 2.05) is 6.92 Å². The Labute approximate surface area is 149 Å². The molecule has 0 bridgehead atoms. The summed E-state index contributed by atoms with van der Waals surface area (Å²) in [5, 5.41) is 9.28. The predicted octanol–water partition coefficient (Wildman–Crippen LogP) is 1.52. The summed E-state index contributed by atoms with van der Waals surface area (Å²) in [6, 6.07) is 5.81. The minimum Gasteiger partial charge on any atom is -0.494 e. The molecule has 0 aromatic heterocycles. The van der Waals surface area contributed by atoms with Crippen molar-refractivity contribution >= 4 is 16.0 Å². The summed E-state index contributed by atoms with van der Waals surface area (Å²) in [5.41, 5.74) is 6.14. The molecular formula is C17H28N2O5S. The first-order valence-electron chi connectivity index (χ1n) is 8.52. The number of ether oxygens (including phenoxy) is 1. The minimum atomic E-state index is -3.60. The maximum Gasteiger partial charge on any atom is 0.322 e. The first kappa shape index (κ1) is 21.4. The van der Waals surface area contributed by atoms with Crippen LogP contribution in [0, 0.1) is 0 Å². The summed E-state index contributed by atoms with van der Waals surface area (Å²) >= 11 is 0. The van der Waals surface area contributed by atoms with Crippen molar-refractivity contribution in [2.45, 2.75) is 45.1 Å². The number of carbonyl (C=O) groups is 1. The highest BCUT2D eigenvalue weighted by atomic mass is 32.2. The summed E-state index contributed by atoms with van der Waals surface area (Å²) < 4.78 is 31.7. The van der Waals surface area contributed by atoms with Gasteiger partial charge in [-0.05, 0) is 49.9 Å². The molecule has 0 fully saturated rings. The maximum atomic E-state index is 11.9. The number of carboxylic acid groups (broad SMARTS) is 1. The van der Waals surface area contributed by atoms with Crippen molar-refractivity contribution in [1.29, 1.82) is 0 Å². The van der Waals surface area contributed by atoms with Crippen LogP contribution < -0.4 is 15.2 Å². The van der Waals surface area contributed by atoms with E-state index in [4.69, 9.17) is 10.5 Å². The molecule has 0 heterocycles. The molecule has 142 valence electrons. The normalized spacial score (nSPS) is 12.7. The van der Waals surface area contributed by atoms with E-state index >= 15 is 0 Å². The fraction of sp³-hybridized carbons (Fsp3) is 0.588. The average molecular weight is 372 g/mol. The van der Waals surface area contributed by atoms with Gasteiger partial charge in [0.15, 0.2) is 0 Å². The quantitative estimate of drug-likeness (QED) is 0.452. The van der Waals surface area contributed by atoms with Crippen molar-refractivity contribution in [2.24, 2.45) is 5.73 Å². The van der Waals surface area contributed by atoms with Crippen LogP contribution in [0.15, 0.2) is 24.3 Å². The fourth-order valence-electron chi connectivity index (χ4n) is 2.18. The topological polar surface area (TPSA) is 119 Å². The van der Waals surface area contributed by atoms with E-state index in [1.54, 1.807) is 24.3 Å². The van der Waals surface area contributed by atoms with Gasteiger partial charge in [0, 0.05) is 0 Å². The largest absolute Gasteiger partial charge is 0.494 e. The number of sulfonamides is 1. The first-order valence-corrected chi connectivity index (χ1v) is 10.2. The van der Waals surface area contributed by atoms with E-state index in [2.05, 4.69) is 4.72 Å². The molecule has 0 aliphatic rings. The van der Waals surface area contributed by atoms with Crippen molar-refractivity contribution in [2.75, 3.05) is 18.9 Å². The van der Waals surface area contributed by atoms with Crippen molar-refractivity contribution in [3.63, 3.8) is 0 Å². The maximum absolute atomic E-state index is 11.9. The molecule has 7 nitrogen and oxygen atoms in total. The zero-order chi connectivity index (χ0) is 18.7. The van der Waals surface area contributed by atoms with E-state index in [0.717, 1.165) is 24.8 Å². The number of unbranched alkanes of at least 4 members (excludes halogenated alkanes) is 2. The summed E-state index contributed by atoms with van der Waals surface area (Å²) in [4.78, 5) is 11.4. The van der Waals surface area contributed by atoms with E-state index in [1.165, 1.54) is 0 Å². The van der Waals surface area contributed by atoms with Gasteiger partial charge in [-0.1, -0.05) is 25.5 Å². The Bertz CT molecular complexity index is 616. The Kier molecular flexibility index (Phi) is 9.48. The molecule has 0 saturated carbocycles. The van der Waals surface area contributed by atoms with Crippen molar-refractivity contribution < 1.29 is 23.1 Å². The van der Waals surface area contributed by atoms with E-state index in [0.29, 0.717) is 25.3 Å². The average Bonchev–Trinajstić information content (AvgIpc) is 2.57. The molecule has 0 radical (unpaired) electrons. The van der Waals surface area contributed by atoms with E-state index < -0.39 is 22.0 Å². The molecule has 4 N–H and O–H groups in total. The van der Waals surface area contributed by atoms with Crippen molar-refractivity contribution in [3.05, 3.63) is 29.8 Å². The van der Waals surface area contributed by atoms with E-state index in [9.17, 15) is 18.3 Å². The molecule has 0 unspecified atom stereocenters. The number of aliphatic carboxylic acids is 1. The lowest BCUT2D eigenvalue weighted by Gasteiger charge is -2.15. The number of nitrogens with two attached hydrogens (primary N) is 1. The van der Waals surface area contributed by atoms with Crippen LogP contribution in [0.5, 0.6) is 5.75 Å². The van der Waals surface area contributed by atoms with Gasteiger partial charge in [-0.25, -0.2) is 13.1 Å². The first-order chi connectivity index (χ1) is 11.9. The second-order valence-electron chi connectivity index (χ2n) is 5.87. The lowest BCUT2D eigenvalue weighted by atomic mass is 10.1. The zero-order valence-electron chi connectivity index (χ0n) is 14.6. The summed E-state index contributed by atoms with van der Waals surface area (Å²) in [6.45, 7) is 3.09. The Balaban J connectivity index is 2.62. The highest BCUT2D eigenvalue weighted by molar-refractivity contribution is 7.89. The Hall–Kier alpha value is -1.64. The van der Waals surface area contributed by atoms with Crippen LogP contribution in [0.25, 0.3) is 0 Å². The Morgan fingerprint density at radius 3 is 2.48 bits per heavy atom. The number of hydrogen-bond acceptors (Lipinski definition) is 5. The highest BCUT2D eigenvalue weighted by Gasteiger charge is 2.24. The molecule has 25 heavy (non-hydrogen) atoms. The molecule has 1 atom stereocenters. The van der Waals surface area contributed by atoms with Gasteiger partial charge in [0.1, 0.15) is 11.8 Å². The predicted molar refractivity (Wildman–Crippen MR) is 97.2 cm³/mol. The monoisotopic (exact) mass is 372 g/mol. The second-order valence-corrected chi connectivity index (χ2v) is 7.75. The Morgan fingerprint density at radius 1 is 1.24 bits per heavy atom. The third-order valence-corrected chi connectivity index (χ3v) is 5.09. The van der Waals surface area contributed by atoms with Gasteiger partial charge >= 0.3 is 5.97 Å².